The van der Waals surface area contributed by atoms with Gasteiger partial charge in [0.2, 0.25) is 5.91 Å². The van der Waals surface area contributed by atoms with Crippen LogP contribution in [0.4, 0.5) is 33.6 Å². The van der Waals surface area contributed by atoms with Gasteiger partial charge in [0.15, 0.2) is 17.5 Å². The molecule has 2 fully saturated rings. The molecule has 2 amide bonds. The molecule has 0 spiro atoms. The molecule has 41 heavy (non-hydrogen) atoms. The van der Waals surface area contributed by atoms with Crippen LogP contribution in [-0.2, 0) is 17.3 Å². The second-order valence-corrected chi connectivity index (χ2v) is 11.4. The van der Waals surface area contributed by atoms with Crippen LogP contribution in [0.3, 0.4) is 0 Å². The summed E-state index contributed by atoms with van der Waals surface area (Å²) in [5.41, 5.74) is -1.50. The van der Waals surface area contributed by atoms with E-state index in [2.05, 4.69) is 15.3 Å². The summed E-state index contributed by atoms with van der Waals surface area (Å²) in [7, 11) is 1.72. The maximum Gasteiger partial charge on any atom is 0.392 e. The highest BCUT2D eigenvalue weighted by Gasteiger charge is 2.60. The molecule has 8 nitrogen and oxygen atoms in total. The van der Waals surface area contributed by atoms with Crippen molar-refractivity contribution in [1.29, 1.82) is 0 Å². The Bertz CT molecular complexity index is 1570. The summed E-state index contributed by atoms with van der Waals surface area (Å²) >= 11 is 6.09. The van der Waals surface area contributed by atoms with Crippen molar-refractivity contribution in [2.45, 2.75) is 31.0 Å². The van der Waals surface area contributed by atoms with Crippen molar-refractivity contribution >= 4 is 35.1 Å². The van der Waals surface area contributed by atoms with Crippen molar-refractivity contribution in [3.63, 3.8) is 0 Å². The number of nitrogens with one attached hydrogen (secondary N) is 1. The molecule has 0 radical (unpaired) electrons. The average Bonchev–Trinajstić information content (AvgIpc) is 3.60. The predicted octanol–water partition coefficient (Wildman–Crippen LogP) is 4.53. The minimum atomic E-state index is -4.41. The standard InChI is InChI=1S/C27H24ClF5N6O2/c1-26(16-4-3-5-18(28)21(16)29)11-39(19-10-37(2)12-35-19)25(41)15-7-34-23(22(30)20(15)26)36-13-8-38(9-13)24(40)14-6-17(14)27(31,32)33/h3-5,7,10,12-14,17H,6,8-9,11H2,1-2H3,(H,34,36)/t14-,17+,26-/m1/s1. The van der Waals surface area contributed by atoms with Crippen LogP contribution in [0, 0.1) is 23.5 Å². The fraction of sp³-hybridized carbons (Fsp3) is 0.407. The number of fused-ring (bicyclic) bond motifs is 1. The molecule has 6 rings (SSSR count). The minimum absolute atomic E-state index is 0.0693. The molecule has 0 unspecified atom stereocenters. The van der Waals surface area contributed by atoms with Gasteiger partial charge in [-0.05, 0) is 19.4 Å². The van der Waals surface area contributed by atoms with Gasteiger partial charge in [-0.3, -0.25) is 14.5 Å². The summed E-state index contributed by atoms with van der Waals surface area (Å²) in [5, 5.41) is 2.73. The van der Waals surface area contributed by atoms with E-state index in [4.69, 9.17) is 11.6 Å². The first-order chi connectivity index (χ1) is 19.3. The fourth-order valence-corrected chi connectivity index (χ4v) is 5.96. The molecule has 14 heteroatoms. The van der Waals surface area contributed by atoms with Crippen molar-refractivity contribution in [1.82, 2.24) is 19.4 Å². The van der Waals surface area contributed by atoms with Gasteiger partial charge in [0.25, 0.3) is 5.91 Å². The number of alkyl halides is 3. The van der Waals surface area contributed by atoms with Gasteiger partial charge in [-0.25, -0.2) is 18.7 Å². The molecule has 1 aromatic carbocycles. The van der Waals surface area contributed by atoms with Gasteiger partial charge in [0, 0.05) is 55.6 Å². The van der Waals surface area contributed by atoms with Crippen LogP contribution in [0.5, 0.6) is 0 Å². The number of anilines is 2. The van der Waals surface area contributed by atoms with E-state index in [0.29, 0.717) is 5.82 Å². The lowest BCUT2D eigenvalue weighted by atomic mass is 9.71. The highest BCUT2D eigenvalue weighted by Crippen LogP contribution is 2.51. The molecule has 0 bridgehead atoms. The molecular formula is C27H24ClF5N6O2. The smallest absolute Gasteiger partial charge is 0.361 e. The lowest BCUT2D eigenvalue weighted by Gasteiger charge is -2.42. The molecular weight excluding hydrogens is 571 g/mol. The highest BCUT2D eigenvalue weighted by molar-refractivity contribution is 6.30. The zero-order chi connectivity index (χ0) is 29.4. The summed E-state index contributed by atoms with van der Waals surface area (Å²) in [4.78, 5) is 36.9. The number of amides is 2. The Kier molecular flexibility index (Phi) is 6.29. The first-order valence-corrected chi connectivity index (χ1v) is 13.2. The summed E-state index contributed by atoms with van der Waals surface area (Å²) in [5.74, 6) is -5.38. The molecule has 2 aromatic heterocycles. The van der Waals surface area contributed by atoms with Gasteiger partial charge >= 0.3 is 6.18 Å². The molecule has 3 atom stereocenters. The zero-order valence-electron chi connectivity index (χ0n) is 21.8. The Hall–Kier alpha value is -3.74. The van der Waals surface area contributed by atoms with Crippen LogP contribution >= 0.6 is 11.6 Å². The summed E-state index contributed by atoms with van der Waals surface area (Å²) in [6.07, 6.45) is -0.309. The van der Waals surface area contributed by atoms with E-state index in [-0.39, 0.29) is 53.6 Å². The van der Waals surface area contributed by atoms with Crippen LogP contribution < -0.4 is 10.2 Å². The molecule has 1 N–H and O–H groups in total. The monoisotopic (exact) mass is 594 g/mol. The third-order valence-electron chi connectivity index (χ3n) is 8.10. The topological polar surface area (TPSA) is 83.4 Å². The predicted molar refractivity (Wildman–Crippen MR) is 139 cm³/mol. The number of carbonyl (C=O) groups is 2. The van der Waals surface area contributed by atoms with Crippen molar-refractivity contribution in [2.75, 3.05) is 29.9 Å². The Morgan fingerprint density at radius 1 is 1.17 bits per heavy atom. The van der Waals surface area contributed by atoms with Crippen LogP contribution in [0.1, 0.15) is 34.8 Å². The number of hydrogen-bond donors (Lipinski definition) is 1. The first-order valence-electron chi connectivity index (χ1n) is 12.8. The number of imidazole rings is 1. The molecule has 3 aromatic rings. The molecule has 4 heterocycles. The number of likely N-dealkylation sites (tertiary alicyclic amines) is 1. The fourth-order valence-electron chi connectivity index (χ4n) is 5.78. The molecule has 2 aliphatic heterocycles. The summed E-state index contributed by atoms with van der Waals surface area (Å²) in [6, 6.07) is 3.91. The lowest BCUT2D eigenvalue weighted by molar-refractivity contribution is -0.158. The number of pyridine rings is 1. The Balaban J connectivity index is 1.31. The van der Waals surface area contributed by atoms with E-state index in [0.717, 1.165) is 0 Å². The second kappa shape index (κ2) is 9.40. The van der Waals surface area contributed by atoms with Crippen LogP contribution in [0.25, 0.3) is 0 Å². The number of benzene rings is 1. The summed E-state index contributed by atoms with van der Waals surface area (Å²) < 4.78 is 72.0. The first kappa shape index (κ1) is 27.4. The molecule has 1 saturated carbocycles. The van der Waals surface area contributed by atoms with Crippen molar-refractivity contribution in [2.24, 2.45) is 18.9 Å². The number of halogens is 6. The third-order valence-corrected chi connectivity index (χ3v) is 8.39. The van der Waals surface area contributed by atoms with Gasteiger partial charge < -0.3 is 14.8 Å². The minimum Gasteiger partial charge on any atom is -0.361 e. The molecule has 216 valence electrons. The Labute approximate surface area is 236 Å². The quantitative estimate of drug-likeness (QED) is 0.439. The normalized spacial score (nSPS) is 24.2. The Morgan fingerprint density at radius 3 is 2.54 bits per heavy atom. The number of nitrogens with zero attached hydrogens (tertiary/aromatic N) is 5. The van der Waals surface area contributed by atoms with Gasteiger partial charge in [-0.2, -0.15) is 13.2 Å². The third kappa shape index (κ3) is 4.50. The van der Waals surface area contributed by atoms with Crippen LogP contribution in [0.15, 0.2) is 36.9 Å². The second-order valence-electron chi connectivity index (χ2n) is 11.0. The number of aromatic nitrogens is 3. The van der Waals surface area contributed by atoms with Crippen molar-refractivity contribution in [3.8, 4) is 0 Å². The number of hydrogen-bond acceptors (Lipinski definition) is 5. The maximum atomic E-state index is 16.3. The van der Waals surface area contributed by atoms with Crippen molar-refractivity contribution < 1.29 is 31.5 Å². The van der Waals surface area contributed by atoms with E-state index < -0.39 is 52.9 Å². The largest absolute Gasteiger partial charge is 0.392 e. The Morgan fingerprint density at radius 2 is 1.90 bits per heavy atom. The average molecular weight is 595 g/mol. The summed E-state index contributed by atoms with van der Waals surface area (Å²) in [6.45, 7) is 1.60. The van der Waals surface area contributed by atoms with Gasteiger partial charge in [0.05, 0.1) is 34.8 Å². The van der Waals surface area contributed by atoms with E-state index in [1.54, 1.807) is 24.7 Å². The highest BCUT2D eigenvalue weighted by atomic mass is 35.5. The van der Waals surface area contributed by atoms with Gasteiger partial charge in [-0.1, -0.05) is 23.7 Å². The van der Waals surface area contributed by atoms with E-state index >= 15 is 8.78 Å². The molecule has 3 aliphatic rings. The number of carbonyl (C=O) groups excluding carboxylic acids is 2. The zero-order valence-corrected chi connectivity index (χ0v) is 22.6. The van der Waals surface area contributed by atoms with Crippen LogP contribution in [-0.4, -0.2) is 63.1 Å². The van der Waals surface area contributed by atoms with Gasteiger partial charge in [-0.15, -0.1) is 0 Å². The SMILES string of the molecule is Cn1cnc(N2C[C@](C)(c3cccc(Cl)c3F)c3c(cnc(NC4CN(C(=O)[C@@H]5C[C@@H]5C(F)(F)F)C4)c3F)C2=O)c1. The maximum absolute atomic E-state index is 16.3. The number of aryl methyl sites for hydroxylation is 1. The lowest BCUT2D eigenvalue weighted by Crippen LogP contribution is -2.58. The molecule has 1 aliphatic carbocycles. The van der Waals surface area contributed by atoms with E-state index in [1.807, 2.05) is 0 Å². The molecule has 1 saturated heterocycles. The van der Waals surface area contributed by atoms with Gasteiger partial charge in [0.1, 0.15) is 5.82 Å². The van der Waals surface area contributed by atoms with Crippen LogP contribution in [0.2, 0.25) is 5.02 Å². The van der Waals surface area contributed by atoms with Crippen molar-refractivity contribution in [3.05, 3.63) is 70.3 Å². The van der Waals surface area contributed by atoms with E-state index in [1.165, 1.54) is 40.5 Å². The number of rotatable bonds is 5. The van der Waals surface area contributed by atoms with E-state index in [9.17, 15) is 22.8 Å².